The molecule has 100 valence electrons. The Morgan fingerprint density at radius 3 is 3.00 bits per heavy atom. The van der Waals surface area contributed by atoms with E-state index in [1.807, 2.05) is 24.3 Å². The number of carbonyl (C=O) groups excluding carboxylic acids is 1. The summed E-state index contributed by atoms with van der Waals surface area (Å²) < 4.78 is 5.30. The van der Waals surface area contributed by atoms with Crippen molar-refractivity contribution in [1.82, 2.24) is 4.90 Å². The summed E-state index contributed by atoms with van der Waals surface area (Å²) in [4.78, 5) is 13.6. The van der Waals surface area contributed by atoms with Gasteiger partial charge in [-0.3, -0.25) is 4.79 Å². The molecule has 1 aromatic carbocycles. The number of carbonyl (C=O) groups is 1. The molecule has 0 radical (unpaired) electrons. The van der Waals surface area contributed by atoms with Gasteiger partial charge in [-0.05, 0) is 24.5 Å². The third-order valence-electron chi connectivity index (χ3n) is 3.53. The van der Waals surface area contributed by atoms with Gasteiger partial charge in [-0.2, -0.15) is 5.26 Å². The fourth-order valence-electron chi connectivity index (χ4n) is 2.40. The minimum absolute atomic E-state index is 0.0182. The van der Waals surface area contributed by atoms with Crippen LogP contribution in [0.4, 0.5) is 0 Å². The quantitative estimate of drug-likeness (QED) is 0.830. The molecule has 1 fully saturated rings. The maximum absolute atomic E-state index is 11.8. The molecule has 1 aliphatic heterocycles. The monoisotopic (exact) mass is 258 g/mol. The van der Waals surface area contributed by atoms with Crippen LogP contribution in [0.3, 0.4) is 0 Å². The highest BCUT2D eigenvalue weighted by Crippen LogP contribution is 2.20. The van der Waals surface area contributed by atoms with Gasteiger partial charge < -0.3 is 9.64 Å². The van der Waals surface area contributed by atoms with Crippen molar-refractivity contribution >= 4 is 5.91 Å². The van der Waals surface area contributed by atoms with Gasteiger partial charge in [0.05, 0.1) is 19.1 Å². The maximum atomic E-state index is 11.8. The molecule has 0 aliphatic carbocycles. The van der Waals surface area contributed by atoms with E-state index < -0.39 is 0 Å². The van der Waals surface area contributed by atoms with Gasteiger partial charge >= 0.3 is 0 Å². The van der Waals surface area contributed by atoms with Crippen molar-refractivity contribution in [2.45, 2.75) is 19.3 Å². The average Bonchev–Trinajstić information content (AvgIpc) is 2.46. The van der Waals surface area contributed by atoms with Crippen LogP contribution in [0.2, 0.25) is 0 Å². The number of piperidine rings is 1. The van der Waals surface area contributed by atoms with Gasteiger partial charge in [0.25, 0.3) is 0 Å². The van der Waals surface area contributed by atoms with Gasteiger partial charge in [-0.1, -0.05) is 18.2 Å². The summed E-state index contributed by atoms with van der Waals surface area (Å²) in [5.74, 6) is 0.987. The number of para-hydroxylation sites is 1. The zero-order valence-corrected chi connectivity index (χ0v) is 11.1. The lowest BCUT2D eigenvalue weighted by Crippen LogP contribution is -2.40. The summed E-state index contributed by atoms with van der Waals surface area (Å²) >= 11 is 0. The lowest BCUT2D eigenvalue weighted by molar-refractivity contribution is -0.134. The second kappa shape index (κ2) is 6.24. The molecule has 1 amide bonds. The first-order valence-electron chi connectivity index (χ1n) is 6.54. The standard InChI is InChI=1S/C15H18N2O2/c1-19-14-5-3-2-4-13(14)8-9-17-11-12(10-16)6-7-15(17)18/h2-5,12H,6-9,11H2,1H3. The molecule has 2 rings (SSSR count). The first-order chi connectivity index (χ1) is 9.24. The second-order valence-electron chi connectivity index (χ2n) is 4.77. The highest BCUT2D eigenvalue weighted by molar-refractivity contribution is 5.77. The van der Waals surface area contributed by atoms with Crippen molar-refractivity contribution in [2.75, 3.05) is 20.2 Å². The Labute approximate surface area is 113 Å². The van der Waals surface area contributed by atoms with Gasteiger partial charge in [0, 0.05) is 19.5 Å². The number of amides is 1. The van der Waals surface area contributed by atoms with Gasteiger partial charge in [0.1, 0.15) is 5.75 Å². The summed E-state index contributed by atoms with van der Waals surface area (Å²) in [6.45, 7) is 1.21. The number of nitriles is 1. The number of hydrogen-bond donors (Lipinski definition) is 0. The largest absolute Gasteiger partial charge is 0.496 e. The normalized spacial score (nSPS) is 19.1. The molecular formula is C15H18N2O2. The van der Waals surface area contributed by atoms with Crippen LogP contribution in [-0.2, 0) is 11.2 Å². The summed E-state index contributed by atoms with van der Waals surface area (Å²) in [6, 6.07) is 10.1. The van der Waals surface area contributed by atoms with Gasteiger partial charge in [-0.15, -0.1) is 0 Å². The van der Waals surface area contributed by atoms with Crippen LogP contribution in [0.5, 0.6) is 5.75 Å². The Morgan fingerprint density at radius 2 is 2.26 bits per heavy atom. The third kappa shape index (κ3) is 3.25. The first kappa shape index (κ1) is 13.4. The van der Waals surface area contributed by atoms with Crippen LogP contribution >= 0.6 is 0 Å². The molecule has 1 saturated heterocycles. The molecule has 1 unspecified atom stereocenters. The van der Waals surface area contributed by atoms with Crippen molar-refractivity contribution < 1.29 is 9.53 Å². The fourth-order valence-corrected chi connectivity index (χ4v) is 2.40. The van der Waals surface area contributed by atoms with E-state index in [-0.39, 0.29) is 11.8 Å². The SMILES string of the molecule is COc1ccccc1CCN1CC(C#N)CCC1=O. The van der Waals surface area contributed by atoms with E-state index in [0.29, 0.717) is 25.9 Å². The zero-order valence-electron chi connectivity index (χ0n) is 11.1. The minimum Gasteiger partial charge on any atom is -0.496 e. The predicted octanol–water partition coefficient (Wildman–Crippen LogP) is 2.00. The summed E-state index contributed by atoms with van der Waals surface area (Å²) in [5.41, 5.74) is 1.09. The molecule has 4 nitrogen and oxygen atoms in total. The molecule has 0 bridgehead atoms. The number of ether oxygens (including phenoxy) is 1. The highest BCUT2D eigenvalue weighted by Gasteiger charge is 2.25. The van der Waals surface area contributed by atoms with Crippen molar-refractivity contribution in [3.05, 3.63) is 29.8 Å². The molecule has 0 aromatic heterocycles. The molecular weight excluding hydrogens is 240 g/mol. The summed E-state index contributed by atoms with van der Waals surface area (Å²) in [7, 11) is 1.65. The Hall–Kier alpha value is -2.02. The van der Waals surface area contributed by atoms with E-state index in [0.717, 1.165) is 17.7 Å². The Bertz CT molecular complexity index is 493. The van der Waals surface area contributed by atoms with Crippen LogP contribution in [-0.4, -0.2) is 31.0 Å². The van der Waals surface area contributed by atoms with Gasteiger partial charge in [0.2, 0.25) is 5.91 Å². The molecule has 4 heteroatoms. The Kier molecular flexibility index (Phi) is 4.40. The van der Waals surface area contributed by atoms with Crippen molar-refractivity contribution in [3.63, 3.8) is 0 Å². The number of methoxy groups -OCH3 is 1. The maximum Gasteiger partial charge on any atom is 0.222 e. The molecule has 1 heterocycles. The van der Waals surface area contributed by atoms with Gasteiger partial charge in [0.15, 0.2) is 0 Å². The van der Waals surface area contributed by atoms with E-state index in [2.05, 4.69) is 6.07 Å². The highest BCUT2D eigenvalue weighted by atomic mass is 16.5. The van der Waals surface area contributed by atoms with E-state index >= 15 is 0 Å². The van der Waals surface area contributed by atoms with Crippen LogP contribution < -0.4 is 4.74 Å². The van der Waals surface area contributed by atoms with E-state index in [1.54, 1.807) is 12.0 Å². The number of benzene rings is 1. The number of rotatable bonds is 4. The topological polar surface area (TPSA) is 53.3 Å². The summed E-state index contributed by atoms with van der Waals surface area (Å²) in [6.07, 6.45) is 1.94. The number of nitrogens with zero attached hydrogens (tertiary/aromatic N) is 2. The van der Waals surface area contributed by atoms with Crippen molar-refractivity contribution in [1.29, 1.82) is 5.26 Å². The van der Waals surface area contributed by atoms with E-state index in [4.69, 9.17) is 10.00 Å². The Balaban J connectivity index is 1.97. The zero-order chi connectivity index (χ0) is 13.7. The smallest absolute Gasteiger partial charge is 0.222 e. The summed E-state index contributed by atoms with van der Waals surface area (Å²) in [5, 5.41) is 8.95. The number of likely N-dealkylation sites (tertiary alicyclic amines) is 1. The molecule has 1 aromatic rings. The lowest BCUT2D eigenvalue weighted by Gasteiger charge is -2.29. The van der Waals surface area contributed by atoms with Crippen LogP contribution in [0.25, 0.3) is 0 Å². The lowest BCUT2D eigenvalue weighted by atomic mass is 9.98. The molecule has 1 atom stereocenters. The predicted molar refractivity (Wildman–Crippen MR) is 71.6 cm³/mol. The minimum atomic E-state index is -0.0182. The molecule has 1 aliphatic rings. The Morgan fingerprint density at radius 1 is 1.47 bits per heavy atom. The van der Waals surface area contributed by atoms with Gasteiger partial charge in [-0.25, -0.2) is 0 Å². The number of hydrogen-bond acceptors (Lipinski definition) is 3. The average molecular weight is 258 g/mol. The molecule has 19 heavy (non-hydrogen) atoms. The van der Waals surface area contributed by atoms with Crippen LogP contribution in [0.1, 0.15) is 18.4 Å². The molecule has 0 N–H and O–H groups in total. The van der Waals surface area contributed by atoms with Crippen LogP contribution in [0, 0.1) is 17.2 Å². The van der Waals surface area contributed by atoms with E-state index in [9.17, 15) is 4.79 Å². The van der Waals surface area contributed by atoms with Crippen molar-refractivity contribution in [3.8, 4) is 11.8 Å². The third-order valence-corrected chi connectivity index (χ3v) is 3.53. The first-order valence-corrected chi connectivity index (χ1v) is 6.54. The fraction of sp³-hybridized carbons (Fsp3) is 0.467. The van der Waals surface area contributed by atoms with Crippen molar-refractivity contribution in [2.24, 2.45) is 5.92 Å². The second-order valence-corrected chi connectivity index (χ2v) is 4.77. The molecule has 0 saturated carbocycles. The van der Waals surface area contributed by atoms with Crippen LogP contribution in [0.15, 0.2) is 24.3 Å². The van der Waals surface area contributed by atoms with E-state index in [1.165, 1.54) is 0 Å². The molecule has 0 spiro atoms.